The molecule has 0 fully saturated rings. The zero-order chi connectivity index (χ0) is 21.9. The Balaban J connectivity index is 2.02. The quantitative estimate of drug-likeness (QED) is 0.433. The number of benzene rings is 2. The highest BCUT2D eigenvalue weighted by Crippen LogP contribution is 2.18. The topological polar surface area (TPSA) is 49.4 Å². The number of hydrogen-bond acceptors (Lipinski definition) is 3. The Morgan fingerprint density at radius 2 is 1.70 bits per heavy atom. The van der Waals surface area contributed by atoms with Gasteiger partial charge in [0.15, 0.2) is 0 Å². The lowest BCUT2D eigenvalue weighted by Gasteiger charge is -2.29. The first kappa shape index (κ1) is 24.5. The first-order valence-electron chi connectivity index (χ1n) is 10.4. The minimum absolute atomic E-state index is 0.0202. The van der Waals surface area contributed by atoms with Crippen LogP contribution in [0.25, 0.3) is 0 Å². The summed E-state index contributed by atoms with van der Waals surface area (Å²) in [6.07, 6.45) is 1.96. The summed E-state index contributed by atoms with van der Waals surface area (Å²) in [6, 6.07) is 15.7. The van der Waals surface area contributed by atoms with Gasteiger partial charge in [-0.2, -0.15) is 0 Å². The maximum Gasteiger partial charge on any atom is 0.242 e. The van der Waals surface area contributed by atoms with Crippen LogP contribution in [0.1, 0.15) is 43.4 Å². The molecule has 4 nitrogen and oxygen atoms in total. The SMILES string of the molecule is CCCCNC(=O)C(C)N(Cc1ccc(Br)cc1)C(=O)CSCc1ccc(C)cc1. The van der Waals surface area contributed by atoms with Crippen molar-refractivity contribution in [2.24, 2.45) is 0 Å². The number of thioether (sulfide) groups is 1. The molecular formula is C24H31BrN2O2S. The highest BCUT2D eigenvalue weighted by molar-refractivity contribution is 9.10. The summed E-state index contributed by atoms with van der Waals surface area (Å²) in [7, 11) is 0. The molecule has 0 aliphatic heterocycles. The Hall–Kier alpha value is -1.79. The maximum atomic E-state index is 13.1. The molecule has 0 saturated carbocycles. The van der Waals surface area contributed by atoms with Crippen molar-refractivity contribution in [3.05, 3.63) is 69.7 Å². The number of halogens is 1. The summed E-state index contributed by atoms with van der Waals surface area (Å²) in [6.45, 7) is 7.02. The summed E-state index contributed by atoms with van der Waals surface area (Å²) in [4.78, 5) is 27.4. The number of rotatable bonds is 11. The van der Waals surface area contributed by atoms with E-state index in [0.717, 1.165) is 28.6 Å². The van der Waals surface area contributed by atoms with E-state index in [4.69, 9.17) is 0 Å². The molecule has 2 aromatic rings. The van der Waals surface area contributed by atoms with Crippen molar-refractivity contribution in [3.8, 4) is 0 Å². The molecule has 1 atom stereocenters. The van der Waals surface area contributed by atoms with E-state index in [0.29, 0.717) is 18.8 Å². The zero-order valence-electron chi connectivity index (χ0n) is 18.0. The van der Waals surface area contributed by atoms with Crippen LogP contribution in [0.15, 0.2) is 53.0 Å². The fraction of sp³-hybridized carbons (Fsp3) is 0.417. The molecule has 0 spiro atoms. The number of nitrogens with zero attached hydrogens (tertiary/aromatic N) is 1. The summed E-state index contributed by atoms with van der Waals surface area (Å²) in [5.41, 5.74) is 3.43. The largest absolute Gasteiger partial charge is 0.354 e. The van der Waals surface area contributed by atoms with E-state index in [1.165, 1.54) is 11.1 Å². The van der Waals surface area contributed by atoms with Crippen molar-refractivity contribution in [1.29, 1.82) is 0 Å². The lowest BCUT2D eigenvalue weighted by atomic mass is 10.1. The summed E-state index contributed by atoms with van der Waals surface area (Å²) in [5, 5.41) is 2.95. The molecule has 0 bridgehead atoms. The van der Waals surface area contributed by atoms with Crippen molar-refractivity contribution in [2.45, 2.75) is 52.0 Å². The standard InChI is InChI=1S/C24H31BrN2O2S/c1-4-5-14-26-24(29)19(3)27(15-20-10-12-22(25)13-11-20)23(28)17-30-16-21-8-6-18(2)7-9-21/h6-13,19H,4-5,14-17H2,1-3H3,(H,26,29). The predicted octanol–water partition coefficient (Wildman–Crippen LogP) is 5.32. The van der Waals surface area contributed by atoms with Crippen LogP contribution in [-0.2, 0) is 21.9 Å². The average molecular weight is 491 g/mol. The second-order valence-corrected chi connectivity index (χ2v) is 9.35. The highest BCUT2D eigenvalue weighted by atomic mass is 79.9. The number of aryl methyl sites for hydroxylation is 1. The smallest absolute Gasteiger partial charge is 0.242 e. The molecule has 0 aliphatic rings. The van der Waals surface area contributed by atoms with Crippen LogP contribution in [0.3, 0.4) is 0 Å². The van der Waals surface area contributed by atoms with E-state index >= 15 is 0 Å². The molecule has 0 heterocycles. The van der Waals surface area contributed by atoms with Gasteiger partial charge in [0.05, 0.1) is 5.75 Å². The molecule has 2 aromatic carbocycles. The Bertz CT molecular complexity index is 809. The molecule has 0 aromatic heterocycles. The summed E-state index contributed by atoms with van der Waals surface area (Å²) < 4.78 is 0.989. The van der Waals surface area contributed by atoms with E-state index in [2.05, 4.69) is 59.4 Å². The first-order chi connectivity index (χ1) is 14.4. The van der Waals surface area contributed by atoms with Gasteiger partial charge in [0.1, 0.15) is 6.04 Å². The molecule has 1 N–H and O–H groups in total. The van der Waals surface area contributed by atoms with Crippen molar-refractivity contribution in [1.82, 2.24) is 10.2 Å². The number of carbonyl (C=O) groups excluding carboxylic acids is 2. The number of amides is 2. The van der Waals surface area contributed by atoms with Crippen LogP contribution < -0.4 is 5.32 Å². The van der Waals surface area contributed by atoms with Crippen molar-refractivity contribution < 1.29 is 9.59 Å². The van der Waals surface area contributed by atoms with Crippen LogP contribution in [0.5, 0.6) is 0 Å². The molecule has 2 rings (SSSR count). The van der Waals surface area contributed by atoms with Gasteiger partial charge in [-0.15, -0.1) is 11.8 Å². The predicted molar refractivity (Wildman–Crippen MR) is 129 cm³/mol. The van der Waals surface area contributed by atoms with E-state index in [1.807, 2.05) is 31.2 Å². The van der Waals surface area contributed by atoms with Gasteiger partial charge < -0.3 is 10.2 Å². The molecule has 30 heavy (non-hydrogen) atoms. The third-order valence-corrected chi connectivity index (χ3v) is 6.40. The average Bonchev–Trinajstić information content (AvgIpc) is 2.74. The monoisotopic (exact) mass is 490 g/mol. The minimum atomic E-state index is -0.516. The van der Waals surface area contributed by atoms with Gasteiger partial charge in [0.2, 0.25) is 11.8 Å². The Morgan fingerprint density at radius 1 is 1.07 bits per heavy atom. The van der Waals surface area contributed by atoms with Gasteiger partial charge in [-0.25, -0.2) is 0 Å². The van der Waals surface area contributed by atoms with Crippen LogP contribution in [-0.4, -0.2) is 35.1 Å². The maximum absolute atomic E-state index is 13.1. The minimum Gasteiger partial charge on any atom is -0.354 e. The van der Waals surface area contributed by atoms with Gasteiger partial charge in [0.25, 0.3) is 0 Å². The fourth-order valence-electron chi connectivity index (χ4n) is 2.93. The van der Waals surface area contributed by atoms with Gasteiger partial charge in [-0.1, -0.05) is 71.2 Å². The van der Waals surface area contributed by atoms with E-state index in [9.17, 15) is 9.59 Å². The second-order valence-electron chi connectivity index (χ2n) is 7.45. The highest BCUT2D eigenvalue weighted by Gasteiger charge is 2.25. The summed E-state index contributed by atoms with van der Waals surface area (Å²) in [5.74, 6) is 0.997. The molecule has 162 valence electrons. The Kier molecular flexibility index (Phi) is 10.4. The van der Waals surface area contributed by atoms with Gasteiger partial charge in [-0.05, 0) is 43.5 Å². The van der Waals surface area contributed by atoms with E-state index in [-0.39, 0.29) is 11.8 Å². The number of carbonyl (C=O) groups is 2. The van der Waals surface area contributed by atoms with Crippen molar-refractivity contribution in [3.63, 3.8) is 0 Å². The first-order valence-corrected chi connectivity index (χ1v) is 12.3. The molecule has 2 amide bonds. The number of unbranched alkanes of at least 4 members (excludes halogenated alkanes) is 1. The van der Waals surface area contributed by atoms with Crippen LogP contribution >= 0.6 is 27.7 Å². The molecule has 0 saturated heterocycles. The van der Waals surface area contributed by atoms with Gasteiger partial charge >= 0.3 is 0 Å². The lowest BCUT2D eigenvalue weighted by molar-refractivity contribution is -0.138. The third-order valence-electron chi connectivity index (χ3n) is 4.88. The normalized spacial score (nSPS) is 11.7. The molecule has 1 unspecified atom stereocenters. The van der Waals surface area contributed by atoms with E-state index < -0.39 is 6.04 Å². The second kappa shape index (κ2) is 12.8. The van der Waals surface area contributed by atoms with Crippen LogP contribution in [0, 0.1) is 6.92 Å². The fourth-order valence-corrected chi connectivity index (χ4v) is 4.06. The Labute approximate surface area is 192 Å². The molecular weight excluding hydrogens is 460 g/mol. The van der Waals surface area contributed by atoms with Gasteiger partial charge in [-0.3, -0.25) is 9.59 Å². The molecule has 6 heteroatoms. The zero-order valence-corrected chi connectivity index (χ0v) is 20.4. The van der Waals surface area contributed by atoms with Crippen LogP contribution in [0.4, 0.5) is 0 Å². The number of nitrogens with one attached hydrogen (secondary N) is 1. The molecule has 0 radical (unpaired) electrons. The van der Waals surface area contributed by atoms with Gasteiger partial charge in [0, 0.05) is 23.3 Å². The molecule has 0 aliphatic carbocycles. The van der Waals surface area contributed by atoms with Crippen LogP contribution in [0.2, 0.25) is 0 Å². The van der Waals surface area contributed by atoms with Crippen molar-refractivity contribution in [2.75, 3.05) is 12.3 Å². The Morgan fingerprint density at radius 3 is 2.33 bits per heavy atom. The summed E-state index contributed by atoms with van der Waals surface area (Å²) >= 11 is 5.02. The number of hydrogen-bond donors (Lipinski definition) is 1. The van der Waals surface area contributed by atoms with Crippen molar-refractivity contribution >= 4 is 39.5 Å². The van der Waals surface area contributed by atoms with E-state index in [1.54, 1.807) is 16.7 Å². The third kappa shape index (κ3) is 8.15. The lowest BCUT2D eigenvalue weighted by Crippen LogP contribution is -2.48.